The molecule has 4 aliphatic rings. The van der Waals surface area contributed by atoms with E-state index in [-0.39, 0.29) is 11.2 Å². The molecular formula is C34H51O2P. The molecule has 1 heterocycles. The lowest BCUT2D eigenvalue weighted by molar-refractivity contribution is -0.311. The molecule has 1 aromatic rings. The smallest absolute Gasteiger partial charge is 0.169 e. The van der Waals surface area contributed by atoms with E-state index in [2.05, 4.69) is 80.3 Å². The number of benzene rings is 1. The first-order valence-electron chi connectivity index (χ1n) is 15.1. The number of fused-ring (bicyclic) bond motifs is 2. The average molecular weight is 523 g/mol. The topological polar surface area (TPSA) is 18.5 Å². The van der Waals surface area contributed by atoms with E-state index in [1.165, 1.54) is 49.7 Å². The average Bonchev–Trinajstić information content (AvgIpc) is 3.16. The van der Waals surface area contributed by atoms with Crippen LogP contribution >= 0.6 is 9.24 Å². The standard InChI is InChI=1S/C34H51O2P/c1-24-11-16-29-10-6-9-28-20-34(35-22-32(3,4)23-36-34)18-17-30(28)25(2)31(21-33(24,29)5)27-14-12-26(13-15-27)8-7-19-37/h7-8,12-15,24,28-29,31H,6,9-11,16-23,37H2,1-5H3/b8-7+,30-25+. The first-order valence-corrected chi connectivity index (χ1v) is 15.9. The summed E-state index contributed by atoms with van der Waals surface area (Å²) >= 11 is 0. The normalized spacial score (nSPS) is 37.9. The molecule has 1 aliphatic heterocycles. The summed E-state index contributed by atoms with van der Waals surface area (Å²) < 4.78 is 13.1. The third-order valence-electron chi connectivity index (χ3n) is 10.8. The minimum atomic E-state index is -0.356. The van der Waals surface area contributed by atoms with Gasteiger partial charge in [-0.25, -0.2) is 0 Å². The maximum Gasteiger partial charge on any atom is 0.169 e. The molecule has 3 heteroatoms. The van der Waals surface area contributed by atoms with Crippen LogP contribution in [-0.4, -0.2) is 25.2 Å². The molecule has 3 aliphatic carbocycles. The van der Waals surface area contributed by atoms with E-state index >= 15 is 0 Å². The zero-order chi connectivity index (χ0) is 26.3. The fraction of sp³-hybridized carbons (Fsp3) is 0.706. The molecule has 0 aromatic heterocycles. The van der Waals surface area contributed by atoms with Crippen molar-refractivity contribution < 1.29 is 9.47 Å². The fourth-order valence-electron chi connectivity index (χ4n) is 8.12. The Bertz CT molecular complexity index is 995. The van der Waals surface area contributed by atoms with Gasteiger partial charge in [-0.2, -0.15) is 0 Å². The SMILES string of the molecule is C/C1=C2/CCC3(CC2CCCC2CCC(C)C2(C)CC1c1ccc(/C=C/CP)cc1)OCC(C)(C)CO3. The molecule has 204 valence electrons. The second kappa shape index (κ2) is 10.9. The highest BCUT2D eigenvalue weighted by Gasteiger charge is 2.49. The predicted octanol–water partition coefficient (Wildman–Crippen LogP) is 9.17. The molecule has 2 saturated carbocycles. The Hall–Kier alpha value is -0.950. The van der Waals surface area contributed by atoms with Crippen LogP contribution in [0.1, 0.15) is 109 Å². The Morgan fingerprint density at radius 2 is 1.70 bits per heavy atom. The first-order chi connectivity index (χ1) is 17.6. The lowest BCUT2D eigenvalue weighted by atomic mass is 9.63. The predicted molar refractivity (Wildman–Crippen MR) is 160 cm³/mol. The molecule has 1 spiro atoms. The van der Waals surface area contributed by atoms with Crippen LogP contribution in [0.5, 0.6) is 0 Å². The summed E-state index contributed by atoms with van der Waals surface area (Å²) in [7, 11) is 2.79. The van der Waals surface area contributed by atoms with Crippen LogP contribution in [-0.2, 0) is 9.47 Å². The van der Waals surface area contributed by atoms with Crippen LogP contribution in [0, 0.1) is 28.6 Å². The van der Waals surface area contributed by atoms with Crippen LogP contribution in [0.25, 0.3) is 6.08 Å². The third kappa shape index (κ3) is 5.69. The Morgan fingerprint density at radius 3 is 2.41 bits per heavy atom. The van der Waals surface area contributed by atoms with Gasteiger partial charge in [0.1, 0.15) is 0 Å². The minimum Gasteiger partial charge on any atom is -0.349 e. The van der Waals surface area contributed by atoms with Crippen molar-refractivity contribution in [3.05, 3.63) is 52.6 Å². The summed E-state index contributed by atoms with van der Waals surface area (Å²) in [6.45, 7) is 13.8. The highest BCUT2D eigenvalue weighted by atomic mass is 31.0. The number of hydrogen-bond donors (Lipinski definition) is 0. The van der Waals surface area contributed by atoms with Crippen LogP contribution in [0.2, 0.25) is 0 Å². The van der Waals surface area contributed by atoms with Crippen LogP contribution in [0.15, 0.2) is 41.5 Å². The molecule has 1 saturated heterocycles. The van der Waals surface area contributed by atoms with E-state index in [4.69, 9.17) is 9.47 Å². The van der Waals surface area contributed by atoms with Gasteiger partial charge in [0.2, 0.25) is 0 Å². The van der Waals surface area contributed by atoms with Crippen LogP contribution < -0.4 is 0 Å². The molecule has 37 heavy (non-hydrogen) atoms. The molecule has 1 aromatic carbocycles. The van der Waals surface area contributed by atoms with Crippen molar-refractivity contribution in [1.29, 1.82) is 0 Å². The molecule has 6 unspecified atom stereocenters. The van der Waals surface area contributed by atoms with Gasteiger partial charge in [-0.15, -0.1) is 9.24 Å². The van der Waals surface area contributed by atoms with Crippen molar-refractivity contribution in [2.24, 2.45) is 28.6 Å². The van der Waals surface area contributed by atoms with Crippen molar-refractivity contribution in [2.45, 2.75) is 104 Å². The van der Waals surface area contributed by atoms with Gasteiger partial charge < -0.3 is 9.47 Å². The van der Waals surface area contributed by atoms with E-state index in [9.17, 15) is 0 Å². The second-order valence-electron chi connectivity index (χ2n) is 13.9. The van der Waals surface area contributed by atoms with E-state index in [0.29, 0.717) is 17.3 Å². The van der Waals surface area contributed by atoms with E-state index in [1.807, 2.05) is 0 Å². The summed E-state index contributed by atoms with van der Waals surface area (Å²) in [5.74, 6) is 2.39. The van der Waals surface area contributed by atoms with Gasteiger partial charge in [0.15, 0.2) is 5.79 Å². The minimum absolute atomic E-state index is 0.125. The van der Waals surface area contributed by atoms with E-state index < -0.39 is 0 Å². The molecule has 6 atom stereocenters. The number of rotatable bonds is 3. The van der Waals surface area contributed by atoms with Gasteiger partial charge in [0.05, 0.1) is 13.2 Å². The summed E-state index contributed by atoms with van der Waals surface area (Å²) in [5, 5.41) is 0. The molecule has 0 amide bonds. The lowest BCUT2D eigenvalue weighted by Gasteiger charge is -2.49. The first kappa shape index (κ1) is 27.6. The van der Waals surface area contributed by atoms with Gasteiger partial charge in [-0.05, 0) is 85.9 Å². The summed E-state index contributed by atoms with van der Waals surface area (Å²) in [6.07, 6.45) is 16.8. The molecule has 0 N–H and O–H groups in total. The van der Waals surface area contributed by atoms with Gasteiger partial charge in [-0.1, -0.05) is 81.7 Å². The Morgan fingerprint density at radius 1 is 0.973 bits per heavy atom. The molecule has 0 radical (unpaired) electrons. The lowest BCUT2D eigenvalue weighted by Crippen LogP contribution is -2.50. The number of ether oxygens (including phenoxy) is 2. The van der Waals surface area contributed by atoms with E-state index in [0.717, 1.165) is 50.5 Å². The fourth-order valence-corrected chi connectivity index (χ4v) is 8.25. The van der Waals surface area contributed by atoms with Crippen molar-refractivity contribution in [3.8, 4) is 0 Å². The monoisotopic (exact) mass is 522 g/mol. The Labute approximate surface area is 229 Å². The number of allylic oxidation sites excluding steroid dienone is 3. The zero-order valence-electron chi connectivity index (χ0n) is 24.2. The highest BCUT2D eigenvalue weighted by molar-refractivity contribution is 7.16. The molecule has 5 rings (SSSR count). The third-order valence-corrected chi connectivity index (χ3v) is 11.1. The van der Waals surface area contributed by atoms with Crippen LogP contribution in [0.3, 0.4) is 0 Å². The number of hydrogen-bond acceptors (Lipinski definition) is 2. The van der Waals surface area contributed by atoms with Crippen molar-refractivity contribution in [2.75, 3.05) is 19.4 Å². The molecule has 0 bridgehead atoms. The second-order valence-corrected chi connectivity index (χ2v) is 14.4. The maximum absolute atomic E-state index is 6.54. The summed E-state index contributed by atoms with van der Waals surface area (Å²) in [5.41, 5.74) is 6.76. The van der Waals surface area contributed by atoms with Crippen molar-refractivity contribution in [1.82, 2.24) is 0 Å². The maximum atomic E-state index is 6.54. The van der Waals surface area contributed by atoms with Crippen LogP contribution in [0.4, 0.5) is 0 Å². The van der Waals surface area contributed by atoms with Gasteiger partial charge in [0, 0.05) is 24.2 Å². The largest absolute Gasteiger partial charge is 0.349 e. The Balaban J connectivity index is 1.50. The quantitative estimate of drug-likeness (QED) is 0.291. The van der Waals surface area contributed by atoms with E-state index in [1.54, 1.807) is 11.1 Å². The Kier molecular flexibility index (Phi) is 8.14. The highest BCUT2D eigenvalue weighted by Crippen LogP contribution is 2.57. The van der Waals surface area contributed by atoms with Gasteiger partial charge in [-0.3, -0.25) is 0 Å². The molecule has 2 nitrogen and oxygen atoms in total. The molecular weight excluding hydrogens is 471 g/mol. The van der Waals surface area contributed by atoms with Crippen molar-refractivity contribution in [3.63, 3.8) is 0 Å². The van der Waals surface area contributed by atoms with Crippen molar-refractivity contribution >= 4 is 15.3 Å². The summed E-state index contributed by atoms with van der Waals surface area (Å²) in [6, 6.07) is 9.52. The zero-order valence-corrected chi connectivity index (χ0v) is 25.3. The van der Waals surface area contributed by atoms with Gasteiger partial charge in [0.25, 0.3) is 0 Å². The molecule has 3 fully saturated rings. The summed E-state index contributed by atoms with van der Waals surface area (Å²) in [4.78, 5) is 0. The van der Waals surface area contributed by atoms with Gasteiger partial charge >= 0.3 is 0 Å².